The van der Waals surface area contributed by atoms with Crippen molar-refractivity contribution >= 4 is 21.4 Å². The van der Waals surface area contributed by atoms with Crippen LogP contribution in [0.2, 0.25) is 0 Å². The third kappa shape index (κ3) is 4.19. The van der Waals surface area contributed by atoms with Gasteiger partial charge in [0.15, 0.2) is 9.84 Å². The Hall–Kier alpha value is -2.42. The second-order valence-corrected chi connectivity index (χ2v) is 9.46. The highest BCUT2D eigenvalue weighted by Gasteiger charge is 2.23. The Labute approximate surface area is 164 Å². The third-order valence-electron chi connectivity index (χ3n) is 4.89. The summed E-state index contributed by atoms with van der Waals surface area (Å²) in [5.41, 5.74) is 0.336. The van der Waals surface area contributed by atoms with Crippen molar-refractivity contribution in [3.05, 3.63) is 40.6 Å². The Kier molecular flexibility index (Phi) is 5.74. The first-order valence-electron chi connectivity index (χ1n) is 9.47. The SMILES string of the molecule is CC(C)N(C(=O)Cn1nc2n(c1=O)CCCCC2)c1ccc(S(C)(=O)=O)cc1. The van der Waals surface area contributed by atoms with Crippen LogP contribution in [0.4, 0.5) is 5.69 Å². The number of benzene rings is 1. The molecule has 9 heteroatoms. The summed E-state index contributed by atoms with van der Waals surface area (Å²) in [6, 6.07) is 6.03. The zero-order chi connectivity index (χ0) is 20.5. The number of carbonyl (C=O) groups is 1. The molecule has 0 aliphatic carbocycles. The number of nitrogens with zero attached hydrogens (tertiary/aromatic N) is 4. The van der Waals surface area contributed by atoms with Gasteiger partial charge in [0.25, 0.3) is 0 Å². The van der Waals surface area contributed by atoms with Gasteiger partial charge in [0.2, 0.25) is 5.91 Å². The molecule has 0 bridgehead atoms. The molecule has 1 amide bonds. The van der Waals surface area contributed by atoms with E-state index in [1.807, 2.05) is 13.8 Å². The first-order valence-corrected chi connectivity index (χ1v) is 11.4. The van der Waals surface area contributed by atoms with Crippen molar-refractivity contribution in [1.29, 1.82) is 0 Å². The minimum absolute atomic E-state index is 0.148. The normalized spacial score (nSPS) is 14.6. The molecule has 3 rings (SSSR count). The number of fused-ring (bicyclic) bond motifs is 1. The summed E-state index contributed by atoms with van der Waals surface area (Å²) in [5.74, 6) is 0.473. The van der Waals surface area contributed by atoms with Gasteiger partial charge in [-0.25, -0.2) is 17.9 Å². The van der Waals surface area contributed by atoms with E-state index in [-0.39, 0.29) is 29.1 Å². The number of hydrogen-bond acceptors (Lipinski definition) is 5. The van der Waals surface area contributed by atoms with Gasteiger partial charge in [0.05, 0.1) is 4.90 Å². The molecule has 0 saturated carbocycles. The molecular weight excluding hydrogens is 380 g/mol. The van der Waals surface area contributed by atoms with Crippen LogP contribution in [-0.2, 0) is 34.1 Å². The maximum Gasteiger partial charge on any atom is 0.346 e. The summed E-state index contributed by atoms with van der Waals surface area (Å²) in [6.07, 6.45) is 4.90. The fourth-order valence-corrected chi connectivity index (χ4v) is 4.15. The van der Waals surface area contributed by atoms with Crippen LogP contribution >= 0.6 is 0 Å². The molecule has 2 heterocycles. The van der Waals surface area contributed by atoms with Gasteiger partial charge >= 0.3 is 5.69 Å². The number of aromatic nitrogens is 3. The topological polar surface area (TPSA) is 94.3 Å². The van der Waals surface area contributed by atoms with Crippen LogP contribution in [0.15, 0.2) is 34.0 Å². The molecule has 0 saturated heterocycles. The second kappa shape index (κ2) is 7.90. The van der Waals surface area contributed by atoms with Gasteiger partial charge in [-0.2, -0.15) is 5.10 Å². The van der Waals surface area contributed by atoms with Crippen molar-refractivity contribution in [2.24, 2.45) is 0 Å². The number of sulfone groups is 1. The molecular formula is C19H26N4O4S. The highest BCUT2D eigenvalue weighted by molar-refractivity contribution is 7.90. The lowest BCUT2D eigenvalue weighted by Gasteiger charge is -2.27. The molecule has 0 fully saturated rings. The Morgan fingerprint density at radius 1 is 1.18 bits per heavy atom. The summed E-state index contributed by atoms with van der Waals surface area (Å²) < 4.78 is 26.2. The number of aryl methyl sites for hydroxylation is 1. The smallest absolute Gasteiger partial charge is 0.308 e. The van der Waals surface area contributed by atoms with E-state index in [1.54, 1.807) is 21.6 Å². The van der Waals surface area contributed by atoms with Crippen molar-refractivity contribution in [1.82, 2.24) is 14.3 Å². The number of rotatable bonds is 5. The molecule has 0 radical (unpaired) electrons. The van der Waals surface area contributed by atoms with Gasteiger partial charge < -0.3 is 4.90 Å². The summed E-state index contributed by atoms with van der Waals surface area (Å²) in [7, 11) is -3.31. The maximum atomic E-state index is 13.0. The van der Waals surface area contributed by atoms with Crippen molar-refractivity contribution < 1.29 is 13.2 Å². The Morgan fingerprint density at radius 2 is 1.86 bits per heavy atom. The van der Waals surface area contributed by atoms with E-state index in [0.29, 0.717) is 12.2 Å². The first-order chi connectivity index (χ1) is 13.2. The van der Waals surface area contributed by atoms with E-state index < -0.39 is 9.84 Å². The predicted molar refractivity (Wildman–Crippen MR) is 106 cm³/mol. The van der Waals surface area contributed by atoms with Gasteiger partial charge in [0, 0.05) is 31.0 Å². The van der Waals surface area contributed by atoms with Crippen LogP contribution in [0.25, 0.3) is 0 Å². The van der Waals surface area contributed by atoms with Gasteiger partial charge in [-0.05, 0) is 51.0 Å². The van der Waals surface area contributed by atoms with Crippen LogP contribution in [0.1, 0.15) is 38.9 Å². The standard InChI is InChI=1S/C19H26N4O4S/c1-14(2)23(15-8-10-16(11-9-15)28(3,26)27)18(24)13-22-19(25)21-12-6-4-5-7-17(21)20-22/h8-11,14H,4-7,12-13H2,1-3H3. The van der Waals surface area contributed by atoms with E-state index in [9.17, 15) is 18.0 Å². The lowest BCUT2D eigenvalue weighted by molar-refractivity contribution is -0.119. The van der Waals surface area contributed by atoms with E-state index in [4.69, 9.17) is 0 Å². The van der Waals surface area contributed by atoms with E-state index in [1.165, 1.54) is 16.8 Å². The Balaban J connectivity index is 1.86. The van der Waals surface area contributed by atoms with Crippen molar-refractivity contribution in [3.63, 3.8) is 0 Å². The molecule has 2 aromatic rings. The highest BCUT2D eigenvalue weighted by atomic mass is 32.2. The molecule has 8 nitrogen and oxygen atoms in total. The summed E-state index contributed by atoms with van der Waals surface area (Å²) in [4.78, 5) is 27.3. The fraction of sp³-hybridized carbons (Fsp3) is 0.526. The molecule has 1 aromatic carbocycles. The number of anilines is 1. The molecule has 0 unspecified atom stereocenters. The lowest BCUT2D eigenvalue weighted by atomic mass is 10.2. The third-order valence-corrected chi connectivity index (χ3v) is 6.02. The Bertz CT molecular complexity index is 1020. The lowest BCUT2D eigenvalue weighted by Crippen LogP contribution is -2.41. The zero-order valence-corrected chi connectivity index (χ0v) is 17.3. The summed E-state index contributed by atoms with van der Waals surface area (Å²) >= 11 is 0. The van der Waals surface area contributed by atoms with Crippen LogP contribution in [0.3, 0.4) is 0 Å². The van der Waals surface area contributed by atoms with Gasteiger partial charge in [-0.1, -0.05) is 6.42 Å². The van der Waals surface area contributed by atoms with Crippen molar-refractivity contribution in [3.8, 4) is 0 Å². The van der Waals surface area contributed by atoms with Crippen LogP contribution < -0.4 is 10.6 Å². The van der Waals surface area contributed by atoms with Crippen molar-refractivity contribution in [2.45, 2.75) is 63.6 Å². The molecule has 0 N–H and O–H groups in total. The maximum absolute atomic E-state index is 13.0. The Morgan fingerprint density at radius 3 is 2.46 bits per heavy atom. The zero-order valence-electron chi connectivity index (χ0n) is 16.5. The molecule has 0 atom stereocenters. The van der Waals surface area contributed by atoms with E-state index >= 15 is 0 Å². The highest BCUT2D eigenvalue weighted by Crippen LogP contribution is 2.21. The second-order valence-electron chi connectivity index (χ2n) is 7.44. The van der Waals surface area contributed by atoms with Gasteiger partial charge in [-0.3, -0.25) is 9.36 Å². The fourth-order valence-electron chi connectivity index (χ4n) is 3.52. The quantitative estimate of drug-likeness (QED) is 0.752. The van der Waals surface area contributed by atoms with E-state index in [0.717, 1.165) is 37.8 Å². The predicted octanol–water partition coefficient (Wildman–Crippen LogP) is 1.62. The largest absolute Gasteiger partial charge is 0.346 e. The van der Waals surface area contributed by atoms with Crippen LogP contribution in [-0.4, -0.2) is 41.0 Å². The number of hydrogen-bond donors (Lipinski definition) is 0. The van der Waals surface area contributed by atoms with Crippen molar-refractivity contribution in [2.75, 3.05) is 11.2 Å². The number of carbonyl (C=O) groups excluding carboxylic acids is 1. The first kappa shape index (κ1) is 20.3. The molecule has 1 aliphatic rings. The summed E-state index contributed by atoms with van der Waals surface area (Å²) in [6.45, 7) is 4.23. The minimum atomic E-state index is -3.31. The molecule has 152 valence electrons. The average molecular weight is 407 g/mol. The molecule has 0 spiro atoms. The molecule has 1 aromatic heterocycles. The van der Waals surface area contributed by atoms with E-state index in [2.05, 4.69) is 5.10 Å². The van der Waals surface area contributed by atoms with Gasteiger partial charge in [-0.15, -0.1) is 0 Å². The molecule has 28 heavy (non-hydrogen) atoms. The average Bonchev–Trinajstić information content (AvgIpc) is 2.78. The van der Waals surface area contributed by atoms with Crippen LogP contribution in [0, 0.1) is 0 Å². The summed E-state index contributed by atoms with van der Waals surface area (Å²) in [5, 5.41) is 4.37. The monoisotopic (exact) mass is 406 g/mol. The minimum Gasteiger partial charge on any atom is -0.308 e. The molecule has 1 aliphatic heterocycles. The van der Waals surface area contributed by atoms with Gasteiger partial charge in [0.1, 0.15) is 12.4 Å². The number of amides is 1. The van der Waals surface area contributed by atoms with Crippen LogP contribution in [0.5, 0.6) is 0 Å².